The number of aliphatic hydroxyl groups is 1. The number of aromatic nitrogens is 5. The lowest BCUT2D eigenvalue weighted by Crippen LogP contribution is -2.41. The topological polar surface area (TPSA) is 98.3 Å². The molecule has 11 heteroatoms. The molecule has 1 aromatic carbocycles. The van der Waals surface area contributed by atoms with Gasteiger partial charge in [-0.25, -0.2) is 24.0 Å². The lowest BCUT2D eigenvalue weighted by Gasteiger charge is -2.36. The van der Waals surface area contributed by atoms with Crippen molar-refractivity contribution in [3.8, 4) is 0 Å². The van der Waals surface area contributed by atoms with Crippen molar-refractivity contribution in [3.63, 3.8) is 0 Å². The number of benzene rings is 1. The van der Waals surface area contributed by atoms with E-state index in [-0.39, 0.29) is 13.2 Å². The fourth-order valence-corrected chi connectivity index (χ4v) is 4.15. The van der Waals surface area contributed by atoms with Gasteiger partial charge in [0, 0.05) is 17.3 Å². The summed E-state index contributed by atoms with van der Waals surface area (Å²) in [6.45, 7) is 7.35. The molecule has 33 heavy (non-hydrogen) atoms. The second-order valence-electron chi connectivity index (χ2n) is 8.56. The van der Waals surface area contributed by atoms with Crippen molar-refractivity contribution in [1.82, 2.24) is 24.5 Å². The summed E-state index contributed by atoms with van der Waals surface area (Å²) >= 11 is 12.5. The van der Waals surface area contributed by atoms with Gasteiger partial charge in [0.05, 0.1) is 29.4 Å². The van der Waals surface area contributed by atoms with Crippen LogP contribution in [0.3, 0.4) is 0 Å². The van der Waals surface area contributed by atoms with E-state index in [9.17, 15) is 9.90 Å². The summed E-state index contributed by atoms with van der Waals surface area (Å²) in [6.07, 6.45) is 2.49. The fraction of sp³-hybridized carbons (Fsp3) is 0.364. The number of rotatable bonds is 4. The van der Waals surface area contributed by atoms with Crippen molar-refractivity contribution in [3.05, 3.63) is 63.9 Å². The molecule has 3 heterocycles. The summed E-state index contributed by atoms with van der Waals surface area (Å²) < 4.78 is 8.98. The lowest BCUT2D eigenvalue weighted by atomic mass is 9.94. The van der Waals surface area contributed by atoms with E-state index >= 15 is 0 Å². The van der Waals surface area contributed by atoms with Crippen molar-refractivity contribution in [1.29, 1.82) is 0 Å². The molecule has 3 aromatic rings. The summed E-state index contributed by atoms with van der Waals surface area (Å²) in [6, 6.07) is 6.60. The zero-order valence-corrected chi connectivity index (χ0v) is 20.2. The Bertz CT molecular complexity index is 1230. The SMILES string of the molecule is CC1=C(c2ncnn2CCO)[C@@H](c2ccc(Cl)c(Cl)c2)n2nccc2N1C(=O)OC(C)(C)C. The first-order valence-electron chi connectivity index (χ1n) is 10.3. The molecular weight excluding hydrogens is 467 g/mol. The van der Waals surface area contributed by atoms with Gasteiger partial charge in [0.1, 0.15) is 23.8 Å². The normalized spacial score (nSPS) is 16.2. The van der Waals surface area contributed by atoms with Gasteiger partial charge in [-0.1, -0.05) is 29.3 Å². The zero-order chi connectivity index (χ0) is 23.9. The molecule has 0 unspecified atom stereocenters. The Morgan fingerprint density at radius 1 is 1.18 bits per heavy atom. The first-order valence-corrected chi connectivity index (χ1v) is 11.1. The minimum absolute atomic E-state index is 0.122. The van der Waals surface area contributed by atoms with Crippen molar-refractivity contribution < 1.29 is 14.6 Å². The number of ether oxygens (including phenoxy) is 1. The molecule has 0 radical (unpaired) electrons. The molecule has 1 aliphatic rings. The van der Waals surface area contributed by atoms with Gasteiger partial charge in [0.2, 0.25) is 0 Å². The monoisotopic (exact) mass is 490 g/mol. The molecule has 1 N–H and O–H groups in total. The number of aliphatic hydroxyl groups excluding tert-OH is 1. The van der Waals surface area contributed by atoms with Crippen LogP contribution in [-0.2, 0) is 11.3 Å². The highest BCUT2D eigenvalue weighted by atomic mass is 35.5. The number of anilines is 1. The standard InChI is InChI=1S/C22H24Cl2N6O3/c1-13-18(20-25-12-27-28(20)9-10-31)19(14-5-6-15(23)16(24)11-14)30-17(7-8-26-30)29(13)21(32)33-22(2,3)4/h5-8,11-12,19,31H,9-10H2,1-4H3/t19-/m1/s1. The fourth-order valence-electron chi connectivity index (χ4n) is 3.84. The van der Waals surface area contributed by atoms with Crippen LogP contribution in [0.15, 0.2) is 42.5 Å². The molecule has 1 atom stereocenters. The van der Waals surface area contributed by atoms with E-state index < -0.39 is 17.7 Å². The number of hydrogen-bond acceptors (Lipinski definition) is 6. The molecule has 174 valence electrons. The van der Waals surface area contributed by atoms with Crippen LogP contribution < -0.4 is 4.90 Å². The van der Waals surface area contributed by atoms with Crippen LogP contribution in [0.2, 0.25) is 10.0 Å². The number of carbonyl (C=O) groups excluding carboxylic acids is 1. The molecule has 1 aliphatic heterocycles. The third kappa shape index (κ3) is 4.36. The average Bonchev–Trinajstić information content (AvgIpc) is 3.37. The van der Waals surface area contributed by atoms with Gasteiger partial charge in [-0.05, 0) is 45.4 Å². The van der Waals surface area contributed by atoms with Gasteiger partial charge in [-0.15, -0.1) is 0 Å². The first kappa shape index (κ1) is 23.3. The average molecular weight is 491 g/mol. The molecule has 9 nitrogen and oxygen atoms in total. The van der Waals surface area contributed by atoms with Gasteiger partial charge in [-0.2, -0.15) is 10.2 Å². The van der Waals surface area contributed by atoms with Gasteiger partial charge in [-0.3, -0.25) is 0 Å². The second kappa shape index (κ2) is 8.81. The summed E-state index contributed by atoms with van der Waals surface area (Å²) in [7, 11) is 0. The Morgan fingerprint density at radius 2 is 1.94 bits per heavy atom. The summed E-state index contributed by atoms with van der Waals surface area (Å²) in [4.78, 5) is 19.2. The van der Waals surface area contributed by atoms with E-state index in [2.05, 4.69) is 15.2 Å². The molecule has 0 bridgehead atoms. The van der Waals surface area contributed by atoms with Gasteiger partial charge in [0.25, 0.3) is 0 Å². The van der Waals surface area contributed by atoms with E-state index in [1.54, 1.807) is 33.8 Å². The maximum absolute atomic E-state index is 13.3. The molecule has 0 fully saturated rings. The third-order valence-electron chi connectivity index (χ3n) is 5.13. The van der Waals surface area contributed by atoms with E-state index in [1.165, 1.54) is 11.2 Å². The quantitative estimate of drug-likeness (QED) is 0.575. The molecule has 0 spiro atoms. The minimum atomic E-state index is -0.695. The maximum Gasteiger partial charge on any atom is 0.420 e. The largest absolute Gasteiger partial charge is 0.443 e. The van der Waals surface area contributed by atoms with E-state index in [0.717, 1.165) is 5.56 Å². The summed E-state index contributed by atoms with van der Waals surface area (Å²) in [5, 5.41) is 19.1. The second-order valence-corrected chi connectivity index (χ2v) is 9.37. The summed E-state index contributed by atoms with van der Waals surface area (Å²) in [5.41, 5.74) is 1.37. The number of hydrogen-bond donors (Lipinski definition) is 1. The van der Waals surface area contributed by atoms with Crippen molar-refractivity contribution >= 4 is 40.7 Å². The van der Waals surface area contributed by atoms with Gasteiger partial charge >= 0.3 is 6.09 Å². The number of amides is 1. The number of carbonyl (C=O) groups is 1. The van der Waals surface area contributed by atoms with Crippen LogP contribution in [0.5, 0.6) is 0 Å². The van der Waals surface area contributed by atoms with Crippen LogP contribution in [0.4, 0.5) is 10.6 Å². The first-order chi connectivity index (χ1) is 15.6. The van der Waals surface area contributed by atoms with Gasteiger partial charge < -0.3 is 9.84 Å². The minimum Gasteiger partial charge on any atom is -0.443 e. The van der Waals surface area contributed by atoms with E-state index in [4.69, 9.17) is 27.9 Å². The molecule has 4 rings (SSSR count). The van der Waals surface area contributed by atoms with Crippen molar-refractivity contribution in [2.75, 3.05) is 11.5 Å². The van der Waals surface area contributed by atoms with Crippen LogP contribution in [0.1, 0.15) is 45.1 Å². The van der Waals surface area contributed by atoms with E-state index in [0.29, 0.717) is 33.0 Å². The Hall–Kier alpha value is -2.88. The Balaban J connectivity index is 1.97. The van der Waals surface area contributed by atoms with Crippen LogP contribution >= 0.6 is 23.2 Å². The molecule has 0 saturated heterocycles. The van der Waals surface area contributed by atoms with Crippen molar-refractivity contribution in [2.45, 2.75) is 45.9 Å². The predicted octanol–water partition coefficient (Wildman–Crippen LogP) is 4.55. The molecule has 0 aliphatic carbocycles. The van der Waals surface area contributed by atoms with Crippen LogP contribution in [-0.4, -0.2) is 48.0 Å². The van der Waals surface area contributed by atoms with Crippen molar-refractivity contribution in [2.24, 2.45) is 0 Å². The number of allylic oxidation sites excluding steroid dienone is 2. The number of fused-ring (bicyclic) bond motifs is 1. The molecule has 0 saturated carbocycles. The van der Waals surface area contributed by atoms with E-state index in [1.807, 2.05) is 33.8 Å². The predicted molar refractivity (Wildman–Crippen MR) is 125 cm³/mol. The van der Waals surface area contributed by atoms with Gasteiger partial charge in [0.15, 0.2) is 5.82 Å². The highest BCUT2D eigenvalue weighted by molar-refractivity contribution is 6.42. The molecular formula is C22H24Cl2N6O3. The number of halogens is 2. The summed E-state index contributed by atoms with van der Waals surface area (Å²) in [5.74, 6) is 1.03. The Morgan fingerprint density at radius 3 is 2.61 bits per heavy atom. The van der Waals surface area contributed by atoms with Crippen LogP contribution in [0, 0.1) is 0 Å². The smallest absolute Gasteiger partial charge is 0.420 e. The Kier molecular flexibility index (Phi) is 6.22. The zero-order valence-electron chi connectivity index (χ0n) is 18.7. The highest BCUT2D eigenvalue weighted by Crippen LogP contribution is 2.44. The lowest BCUT2D eigenvalue weighted by molar-refractivity contribution is 0.0588. The maximum atomic E-state index is 13.3. The molecule has 1 amide bonds. The highest BCUT2D eigenvalue weighted by Gasteiger charge is 2.39. The Labute approximate surface area is 201 Å². The molecule has 2 aromatic heterocycles. The number of nitrogens with zero attached hydrogens (tertiary/aromatic N) is 6. The third-order valence-corrected chi connectivity index (χ3v) is 5.86. The van der Waals surface area contributed by atoms with Crippen LogP contribution in [0.25, 0.3) is 5.57 Å².